The summed E-state index contributed by atoms with van der Waals surface area (Å²) in [5.41, 5.74) is 11.2. The number of hydrogen-bond acceptors (Lipinski definition) is 5. The van der Waals surface area contributed by atoms with E-state index in [0.717, 1.165) is 34.1 Å². The number of nitrogens with one attached hydrogen (secondary N) is 3. The lowest BCUT2D eigenvalue weighted by atomic mass is 10.1. The zero-order chi connectivity index (χ0) is 23.4. The van der Waals surface area contributed by atoms with Gasteiger partial charge in [-0.15, -0.1) is 0 Å². The van der Waals surface area contributed by atoms with Crippen molar-refractivity contribution in [2.24, 2.45) is 10.7 Å². The summed E-state index contributed by atoms with van der Waals surface area (Å²) in [7, 11) is 1.65. The van der Waals surface area contributed by atoms with Crippen molar-refractivity contribution in [3.8, 4) is 11.4 Å². The van der Waals surface area contributed by atoms with Gasteiger partial charge in [-0.3, -0.25) is 9.79 Å². The largest absolute Gasteiger partial charge is 0.394 e. The Morgan fingerprint density at radius 3 is 2.73 bits per heavy atom. The summed E-state index contributed by atoms with van der Waals surface area (Å²) in [5.74, 6) is 0.888. The molecule has 0 radical (unpaired) electrons. The molecule has 0 saturated heterocycles. The molecule has 0 fully saturated rings. The minimum Gasteiger partial charge on any atom is -0.394 e. The second kappa shape index (κ2) is 9.70. The van der Waals surface area contributed by atoms with Crippen molar-refractivity contribution in [3.63, 3.8) is 0 Å². The average Bonchev–Trinajstić information content (AvgIpc) is 3.26. The molecule has 4 rings (SSSR count). The van der Waals surface area contributed by atoms with Gasteiger partial charge in [-0.2, -0.15) is 0 Å². The van der Waals surface area contributed by atoms with E-state index in [2.05, 4.69) is 20.3 Å². The van der Waals surface area contributed by atoms with Crippen LogP contribution in [0.25, 0.3) is 22.4 Å². The highest BCUT2D eigenvalue weighted by Crippen LogP contribution is 2.27. The summed E-state index contributed by atoms with van der Waals surface area (Å²) >= 11 is 0. The van der Waals surface area contributed by atoms with E-state index in [-0.39, 0.29) is 18.2 Å². The van der Waals surface area contributed by atoms with Gasteiger partial charge in [0.25, 0.3) is 5.56 Å². The van der Waals surface area contributed by atoms with Crippen molar-refractivity contribution in [2.45, 2.75) is 25.8 Å². The standard InChI is InChI=1S/C25H28N6O2/c1-3-16-12-17(23(26)27-2)13-20-22(16)31-24(30-20)21-19(9-10-28-25(21)33)29-18(14-32)11-15-7-5-4-6-8-15/h4-10,12-13,18,32H,3,11,14H2,1-2H3,(H2,26,27)(H,30,31)(H2,28,29,33)/t18-/m0/s1. The number of nitrogens with two attached hydrogens (primary N) is 1. The van der Waals surface area contributed by atoms with E-state index in [1.165, 1.54) is 0 Å². The summed E-state index contributed by atoms with van der Waals surface area (Å²) in [6, 6.07) is 15.3. The summed E-state index contributed by atoms with van der Waals surface area (Å²) in [6.07, 6.45) is 2.95. The number of aromatic nitrogens is 3. The lowest BCUT2D eigenvalue weighted by Gasteiger charge is -2.19. The van der Waals surface area contributed by atoms with Gasteiger partial charge in [0.05, 0.1) is 29.4 Å². The molecule has 2 aromatic carbocycles. The van der Waals surface area contributed by atoms with Crippen LogP contribution in [0.2, 0.25) is 0 Å². The third kappa shape index (κ3) is 4.65. The number of fused-ring (bicyclic) bond motifs is 1. The zero-order valence-electron chi connectivity index (χ0n) is 18.7. The first-order valence-corrected chi connectivity index (χ1v) is 10.9. The highest BCUT2D eigenvalue weighted by Gasteiger charge is 2.19. The fourth-order valence-corrected chi connectivity index (χ4v) is 3.97. The van der Waals surface area contributed by atoms with Crippen LogP contribution in [0.1, 0.15) is 23.6 Å². The third-order valence-corrected chi connectivity index (χ3v) is 5.69. The van der Waals surface area contributed by atoms with Crippen LogP contribution in [-0.4, -0.2) is 45.6 Å². The molecule has 2 aromatic heterocycles. The molecule has 1 atom stereocenters. The number of hydrogen-bond donors (Lipinski definition) is 5. The van der Waals surface area contributed by atoms with Gasteiger partial charge in [0.2, 0.25) is 0 Å². The number of imidazole rings is 1. The van der Waals surface area contributed by atoms with E-state index < -0.39 is 0 Å². The maximum absolute atomic E-state index is 12.9. The number of anilines is 1. The molecule has 2 heterocycles. The maximum Gasteiger partial charge on any atom is 0.261 e. The molecule has 0 saturated carbocycles. The predicted molar refractivity (Wildman–Crippen MR) is 133 cm³/mol. The van der Waals surface area contributed by atoms with Crippen molar-refractivity contribution in [1.82, 2.24) is 15.0 Å². The topological polar surface area (TPSA) is 132 Å². The van der Waals surface area contributed by atoms with Crippen LogP contribution >= 0.6 is 0 Å². The van der Waals surface area contributed by atoms with Crippen molar-refractivity contribution >= 4 is 22.6 Å². The smallest absolute Gasteiger partial charge is 0.261 e. The first-order valence-electron chi connectivity index (χ1n) is 10.9. The average molecular weight is 445 g/mol. The molecule has 4 aromatic rings. The maximum atomic E-state index is 12.9. The van der Waals surface area contributed by atoms with E-state index in [1.54, 1.807) is 19.3 Å². The van der Waals surface area contributed by atoms with Gasteiger partial charge < -0.3 is 26.1 Å². The van der Waals surface area contributed by atoms with Gasteiger partial charge in [0.1, 0.15) is 17.2 Å². The number of aromatic amines is 2. The van der Waals surface area contributed by atoms with E-state index in [9.17, 15) is 9.90 Å². The molecule has 0 aliphatic rings. The number of H-pyrrole nitrogens is 2. The van der Waals surface area contributed by atoms with Crippen molar-refractivity contribution < 1.29 is 5.11 Å². The Morgan fingerprint density at radius 1 is 1.24 bits per heavy atom. The number of aliphatic hydroxyl groups excluding tert-OH is 1. The van der Waals surface area contributed by atoms with Crippen LogP contribution < -0.4 is 16.6 Å². The molecule has 6 N–H and O–H groups in total. The number of amidine groups is 1. The monoisotopic (exact) mass is 444 g/mol. The molecular formula is C25H28N6O2. The van der Waals surface area contributed by atoms with E-state index in [1.807, 2.05) is 49.4 Å². The molecule has 8 nitrogen and oxygen atoms in total. The summed E-state index contributed by atoms with van der Waals surface area (Å²) in [5, 5.41) is 13.3. The Hall–Kier alpha value is -3.91. The van der Waals surface area contributed by atoms with Crippen LogP contribution in [0.15, 0.2) is 64.5 Å². The van der Waals surface area contributed by atoms with Crippen LogP contribution in [0.5, 0.6) is 0 Å². The van der Waals surface area contributed by atoms with Crippen molar-refractivity contribution in [3.05, 3.63) is 81.8 Å². The van der Waals surface area contributed by atoms with Gasteiger partial charge in [0, 0.05) is 18.8 Å². The van der Waals surface area contributed by atoms with Crippen LogP contribution in [0, 0.1) is 0 Å². The second-order valence-electron chi connectivity index (χ2n) is 7.89. The number of nitrogens with zero attached hydrogens (tertiary/aromatic N) is 2. The Labute approximate surface area is 191 Å². The Balaban J connectivity index is 1.76. The highest BCUT2D eigenvalue weighted by molar-refractivity contribution is 6.01. The van der Waals surface area contributed by atoms with Gasteiger partial charge in [0.15, 0.2) is 0 Å². The normalized spacial score (nSPS) is 12.8. The van der Waals surface area contributed by atoms with Gasteiger partial charge >= 0.3 is 0 Å². The van der Waals surface area contributed by atoms with E-state index >= 15 is 0 Å². The summed E-state index contributed by atoms with van der Waals surface area (Å²) in [4.78, 5) is 27.7. The summed E-state index contributed by atoms with van der Waals surface area (Å²) < 4.78 is 0. The minimum absolute atomic E-state index is 0.0831. The zero-order valence-corrected chi connectivity index (χ0v) is 18.7. The predicted octanol–water partition coefficient (Wildman–Crippen LogP) is 2.83. The Kier molecular flexibility index (Phi) is 6.55. The Bertz CT molecular complexity index is 1340. The number of aliphatic hydroxyl groups is 1. The molecule has 0 amide bonds. The van der Waals surface area contributed by atoms with Crippen LogP contribution in [-0.2, 0) is 12.8 Å². The highest BCUT2D eigenvalue weighted by atomic mass is 16.3. The number of aliphatic imine (C=N–C) groups is 1. The molecule has 8 heteroatoms. The van der Waals surface area contributed by atoms with Gasteiger partial charge in [-0.05, 0) is 42.2 Å². The van der Waals surface area contributed by atoms with Crippen LogP contribution in [0.4, 0.5) is 5.69 Å². The molecular weight excluding hydrogens is 416 g/mol. The minimum atomic E-state index is -0.275. The van der Waals surface area contributed by atoms with Crippen LogP contribution in [0.3, 0.4) is 0 Å². The SMILES string of the molecule is CCc1cc(C(N)=NC)cc2[nH]c(-c3c(N[C@H](CO)Cc4ccccc4)cc[nH]c3=O)nc12. The fraction of sp³-hybridized carbons (Fsp3) is 0.240. The van der Waals surface area contributed by atoms with Crippen molar-refractivity contribution in [1.29, 1.82) is 0 Å². The van der Waals surface area contributed by atoms with Gasteiger partial charge in [-0.1, -0.05) is 37.3 Å². The van der Waals surface area contributed by atoms with E-state index in [0.29, 0.717) is 29.3 Å². The van der Waals surface area contributed by atoms with E-state index in [4.69, 9.17) is 10.7 Å². The second-order valence-corrected chi connectivity index (χ2v) is 7.89. The number of pyridine rings is 1. The lowest BCUT2D eigenvalue weighted by molar-refractivity contribution is 0.274. The van der Waals surface area contributed by atoms with Crippen molar-refractivity contribution in [2.75, 3.05) is 19.0 Å². The number of aryl methyl sites for hydroxylation is 1. The molecule has 170 valence electrons. The summed E-state index contributed by atoms with van der Waals surface area (Å²) in [6.45, 7) is 1.96. The number of rotatable bonds is 8. The Morgan fingerprint density at radius 2 is 2.03 bits per heavy atom. The first kappa shape index (κ1) is 22.3. The van der Waals surface area contributed by atoms with Gasteiger partial charge in [-0.25, -0.2) is 4.98 Å². The molecule has 0 aliphatic heterocycles. The molecule has 0 aliphatic carbocycles. The third-order valence-electron chi connectivity index (χ3n) is 5.69. The first-order chi connectivity index (χ1) is 16.0. The lowest BCUT2D eigenvalue weighted by Crippen LogP contribution is -2.28. The molecule has 0 unspecified atom stereocenters. The molecule has 0 bridgehead atoms. The molecule has 33 heavy (non-hydrogen) atoms. The molecule has 0 spiro atoms. The fourth-order valence-electron chi connectivity index (χ4n) is 3.97. The number of benzene rings is 2. The quantitative estimate of drug-likeness (QED) is 0.211.